The maximum Gasteiger partial charge on any atom is 0.343 e. The van der Waals surface area contributed by atoms with Crippen LogP contribution < -0.4 is 14.2 Å². The Kier molecular flexibility index (Phi) is 13.0. The number of esters is 3. The van der Waals surface area contributed by atoms with Gasteiger partial charge in [0.15, 0.2) is 0 Å². The minimum absolute atomic E-state index is 0.0367. The van der Waals surface area contributed by atoms with Gasteiger partial charge >= 0.3 is 17.9 Å². The van der Waals surface area contributed by atoms with Gasteiger partial charge in [0.1, 0.15) is 17.2 Å². The predicted octanol–water partition coefficient (Wildman–Crippen LogP) is 5.63. The van der Waals surface area contributed by atoms with Crippen molar-refractivity contribution in [2.24, 2.45) is 0 Å². The van der Waals surface area contributed by atoms with Crippen LogP contribution in [-0.2, 0) is 19.1 Å². The molecule has 0 spiro atoms. The Morgan fingerprint density at radius 2 is 1.35 bits per heavy atom. The summed E-state index contributed by atoms with van der Waals surface area (Å²) >= 11 is 0. The third-order valence-corrected chi connectivity index (χ3v) is 6.15. The quantitative estimate of drug-likeness (QED) is 0.0926. The number of aliphatic hydroxyl groups excluding tert-OH is 1. The molecule has 0 aliphatic rings. The van der Waals surface area contributed by atoms with Crippen molar-refractivity contribution in [1.29, 1.82) is 0 Å². The van der Waals surface area contributed by atoms with E-state index in [0.717, 1.165) is 28.5 Å². The molecule has 226 valence electrons. The minimum atomic E-state index is -0.587. The molecule has 0 aliphatic heterocycles. The van der Waals surface area contributed by atoms with E-state index in [1.54, 1.807) is 36.4 Å². The van der Waals surface area contributed by atoms with Gasteiger partial charge in [-0.1, -0.05) is 31.4 Å². The van der Waals surface area contributed by atoms with Crippen LogP contribution in [0.4, 0.5) is 0 Å². The predicted molar refractivity (Wildman–Crippen MR) is 161 cm³/mol. The van der Waals surface area contributed by atoms with Crippen LogP contribution >= 0.6 is 0 Å². The number of ether oxygens (including phenoxy) is 5. The first-order valence-corrected chi connectivity index (χ1v) is 13.8. The molecule has 0 amide bonds. The van der Waals surface area contributed by atoms with Gasteiger partial charge in [-0.25, -0.2) is 14.4 Å². The van der Waals surface area contributed by atoms with Gasteiger partial charge in [-0.2, -0.15) is 0 Å². The van der Waals surface area contributed by atoms with Crippen LogP contribution in [0.2, 0.25) is 0 Å². The summed E-state index contributed by atoms with van der Waals surface area (Å²) in [5.41, 5.74) is 3.35. The van der Waals surface area contributed by atoms with Gasteiger partial charge in [-0.15, -0.1) is 0 Å². The monoisotopic (exact) mass is 588 g/mol. The first-order chi connectivity index (χ1) is 20.8. The van der Waals surface area contributed by atoms with E-state index >= 15 is 0 Å². The number of carbonyl (C=O) groups excluding carboxylic acids is 3. The number of benzene rings is 3. The maximum absolute atomic E-state index is 12.8. The molecular weight excluding hydrogens is 552 g/mol. The van der Waals surface area contributed by atoms with Crippen LogP contribution in [0, 0.1) is 6.92 Å². The normalized spacial score (nSPS) is 10.4. The van der Waals surface area contributed by atoms with Crippen LogP contribution in [0.1, 0.15) is 35.2 Å². The summed E-state index contributed by atoms with van der Waals surface area (Å²) in [6.45, 7) is 9.61. The Balaban J connectivity index is 1.44. The summed E-state index contributed by atoms with van der Waals surface area (Å²) in [6, 6.07) is 19.8. The van der Waals surface area contributed by atoms with E-state index in [4.69, 9.17) is 28.8 Å². The number of rotatable bonds is 17. The van der Waals surface area contributed by atoms with Crippen molar-refractivity contribution in [3.05, 3.63) is 103 Å². The molecule has 43 heavy (non-hydrogen) atoms. The Labute approximate surface area is 251 Å². The number of carbonyl (C=O) groups is 3. The second-order valence-electron chi connectivity index (χ2n) is 9.44. The molecule has 0 aromatic heterocycles. The number of aliphatic hydroxyl groups is 1. The highest BCUT2D eigenvalue weighted by Crippen LogP contribution is 2.27. The summed E-state index contributed by atoms with van der Waals surface area (Å²) in [4.78, 5) is 35.2. The van der Waals surface area contributed by atoms with E-state index in [1.165, 1.54) is 0 Å². The molecule has 0 heterocycles. The molecule has 3 rings (SSSR count). The molecule has 0 unspecified atom stereocenters. The summed E-state index contributed by atoms with van der Waals surface area (Å²) < 4.78 is 26.8. The number of hydrogen-bond donors (Lipinski definition) is 1. The second-order valence-corrected chi connectivity index (χ2v) is 9.44. The summed E-state index contributed by atoms with van der Waals surface area (Å²) in [5, 5.41) is 8.86. The summed E-state index contributed by atoms with van der Waals surface area (Å²) in [7, 11) is 0. The maximum atomic E-state index is 12.8. The molecule has 9 heteroatoms. The van der Waals surface area contributed by atoms with Crippen molar-refractivity contribution in [2.45, 2.75) is 26.2 Å². The first kappa shape index (κ1) is 32.6. The van der Waals surface area contributed by atoms with E-state index in [0.29, 0.717) is 49.5 Å². The first-order valence-electron chi connectivity index (χ1n) is 13.8. The average molecular weight is 589 g/mol. The van der Waals surface area contributed by atoms with Crippen LogP contribution in [0.15, 0.2) is 91.5 Å². The van der Waals surface area contributed by atoms with E-state index in [2.05, 4.69) is 13.2 Å². The van der Waals surface area contributed by atoms with Crippen LogP contribution in [-0.4, -0.2) is 56.0 Å². The fourth-order valence-electron chi connectivity index (χ4n) is 3.82. The highest BCUT2D eigenvalue weighted by atomic mass is 16.5. The van der Waals surface area contributed by atoms with Crippen molar-refractivity contribution in [3.8, 4) is 28.4 Å². The van der Waals surface area contributed by atoms with E-state index in [1.807, 2.05) is 37.3 Å². The van der Waals surface area contributed by atoms with Crippen molar-refractivity contribution in [3.63, 3.8) is 0 Å². The Morgan fingerprint density at radius 3 is 1.98 bits per heavy atom. The molecule has 0 fully saturated rings. The highest BCUT2D eigenvalue weighted by molar-refractivity contribution is 5.92. The smallest absolute Gasteiger partial charge is 0.343 e. The lowest BCUT2D eigenvalue weighted by Gasteiger charge is -2.11. The third kappa shape index (κ3) is 10.8. The molecule has 0 bridgehead atoms. The number of aryl methyl sites for hydroxylation is 1. The summed E-state index contributed by atoms with van der Waals surface area (Å²) in [5.74, 6) is 0.198. The molecule has 0 saturated heterocycles. The Morgan fingerprint density at radius 1 is 0.767 bits per heavy atom. The van der Waals surface area contributed by atoms with Gasteiger partial charge in [-0.05, 0) is 85.0 Å². The zero-order valence-corrected chi connectivity index (χ0v) is 24.2. The van der Waals surface area contributed by atoms with Gasteiger partial charge in [-0.3, -0.25) is 0 Å². The molecule has 1 N–H and O–H groups in total. The molecule has 0 aliphatic carbocycles. The third-order valence-electron chi connectivity index (χ3n) is 6.15. The standard InChI is InChI=1S/C34H36O9/c1-4-32(36)41-21-7-20-40-29-13-15-30(16-14-29)43-34(38)27-10-17-31(24(2)22-27)26-8-11-28(12-9-26)39-18-5-6-19-42-33(37)25(3)23-35/h4,8-17,22,35H,1,3,5-7,18-21,23H2,2H3. The largest absolute Gasteiger partial charge is 0.494 e. The Bertz CT molecular complexity index is 1390. The molecule has 3 aromatic rings. The van der Waals surface area contributed by atoms with E-state index < -0.39 is 24.5 Å². The fraction of sp³-hybridized carbons (Fsp3) is 0.265. The van der Waals surface area contributed by atoms with Crippen LogP contribution in [0.25, 0.3) is 11.1 Å². The number of hydrogen-bond acceptors (Lipinski definition) is 9. The van der Waals surface area contributed by atoms with Crippen molar-refractivity contribution in [2.75, 3.05) is 33.0 Å². The molecule has 0 saturated carbocycles. The molecule has 9 nitrogen and oxygen atoms in total. The van der Waals surface area contributed by atoms with E-state index in [-0.39, 0.29) is 18.8 Å². The van der Waals surface area contributed by atoms with E-state index in [9.17, 15) is 14.4 Å². The van der Waals surface area contributed by atoms with Gasteiger partial charge in [0, 0.05) is 12.5 Å². The highest BCUT2D eigenvalue weighted by Gasteiger charge is 2.12. The van der Waals surface area contributed by atoms with Crippen molar-refractivity contribution < 1.29 is 43.2 Å². The lowest BCUT2D eigenvalue weighted by molar-refractivity contribution is -0.140. The minimum Gasteiger partial charge on any atom is -0.494 e. The summed E-state index contributed by atoms with van der Waals surface area (Å²) in [6.07, 6.45) is 2.98. The van der Waals surface area contributed by atoms with Gasteiger partial charge in [0.05, 0.1) is 44.2 Å². The number of unbranched alkanes of at least 4 members (excludes halogenated alkanes) is 1. The van der Waals surface area contributed by atoms with Gasteiger partial charge < -0.3 is 28.8 Å². The Hall–Kier alpha value is -4.89. The molecular formula is C34H36O9. The molecule has 3 aromatic carbocycles. The lowest BCUT2D eigenvalue weighted by Crippen LogP contribution is -2.11. The van der Waals surface area contributed by atoms with Crippen molar-refractivity contribution >= 4 is 17.9 Å². The SMILES string of the molecule is C=CC(=O)OCCCOc1ccc(OC(=O)c2ccc(-c3ccc(OCCCCOC(=O)C(=C)CO)cc3)c(C)c2)cc1. The van der Waals surface area contributed by atoms with Gasteiger partial charge in [0.25, 0.3) is 0 Å². The van der Waals surface area contributed by atoms with Crippen LogP contribution in [0.5, 0.6) is 17.2 Å². The second kappa shape index (κ2) is 17.2. The zero-order chi connectivity index (χ0) is 31.0. The topological polar surface area (TPSA) is 118 Å². The molecule has 0 atom stereocenters. The lowest BCUT2D eigenvalue weighted by atomic mass is 9.98. The average Bonchev–Trinajstić information content (AvgIpc) is 3.02. The van der Waals surface area contributed by atoms with Crippen LogP contribution in [0.3, 0.4) is 0 Å². The molecule has 0 radical (unpaired) electrons. The fourth-order valence-corrected chi connectivity index (χ4v) is 3.82. The zero-order valence-electron chi connectivity index (χ0n) is 24.2. The van der Waals surface area contributed by atoms with Gasteiger partial charge in [0.2, 0.25) is 0 Å². The van der Waals surface area contributed by atoms with Crippen molar-refractivity contribution in [1.82, 2.24) is 0 Å².